The van der Waals surface area contributed by atoms with Crippen LogP contribution in [0.15, 0.2) is 48.6 Å². The van der Waals surface area contributed by atoms with Gasteiger partial charge in [0, 0.05) is 6.54 Å². The number of nitrogens with two attached hydrogens (primary N) is 1. The van der Waals surface area contributed by atoms with Gasteiger partial charge in [0.2, 0.25) is 5.91 Å². The number of allylic oxidation sites excluding steroid dienone is 7. The molecule has 0 aromatic rings. The van der Waals surface area contributed by atoms with E-state index in [-0.39, 0.29) is 19.6 Å². The number of hydrogen-bond acceptors (Lipinski definition) is 7. The minimum atomic E-state index is -4.41. The van der Waals surface area contributed by atoms with Crippen molar-refractivity contribution in [3.05, 3.63) is 48.6 Å². The van der Waals surface area contributed by atoms with Gasteiger partial charge in [-0.2, -0.15) is 0 Å². The smallest absolute Gasteiger partial charge is 0.393 e. The lowest BCUT2D eigenvalue weighted by atomic mass is 10.0. The average molecular weight is 811 g/mol. The fourth-order valence-corrected chi connectivity index (χ4v) is 7.20. The Morgan fingerprint density at radius 2 is 1.02 bits per heavy atom. The summed E-state index contributed by atoms with van der Waals surface area (Å²) in [5.41, 5.74) is 5.36. The standard InChI is InChI=1S/C46H87N2O7P/c1-3-5-7-9-11-13-15-17-18-19-20-21-22-23-24-26-27-29-31-33-35-37-43(49)41-46(51)48-44(42-55-56(52,53)54-40-39-47)45(50)38-36-34-32-30-28-25-16-14-12-10-8-6-4-2/h12,14,23-24,28,30,36,38,43-45,49-50H,3-11,13,15-22,25-27,29,31-35,37,39-42,47H2,1-2H3,(H,48,51)(H,52,53)/b14-12+,24-23-,30-28+,38-36+. The third-order valence-electron chi connectivity index (χ3n) is 9.91. The summed E-state index contributed by atoms with van der Waals surface area (Å²) in [6, 6.07) is -1.01. The summed E-state index contributed by atoms with van der Waals surface area (Å²) in [5.74, 6) is -0.466. The van der Waals surface area contributed by atoms with Crippen LogP contribution in [0.1, 0.15) is 200 Å². The van der Waals surface area contributed by atoms with Gasteiger partial charge in [-0.1, -0.05) is 172 Å². The van der Waals surface area contributed by atoms with E-state index in [1.807, 2.05) is 6.08 Å². The maximum atomic E-state index is 12.8. The molecule has 6 N–H and O–H groups in total. The molecule has 0 aromatic carbocycles. The molecule has 1 amide bonds. The maximum absolute atomic E-state index is 12.8. The molecule has 4 atom stereocenters. The molecule has 0 bridgehead atoms. The zero-order chi connectivity index (χ0) is 41.2. The molecule has 0 saturated carbocycles. The van der Waals surface area contributed by atoms with Gasteiger partial charge in [-0.15, -0.1) is 0 Å². The molecule has 0 aromatic heterocycles. The molecule has 0 aliphatic heterocycles. The fraction of sp³-hybridized carbons (Fsp3) is 0.804. The first-order valence-corrected chi connectivity index (χ1v) is 24.3. The van der Waals surface area contributed by atoms with Gasteiger partial charge in [-0.3, -0.25) is 13.8 Å². The third kappa shape index (κ3) is 39.3. The number of unbranched alkanes of at least 4 members (excludes halogenated alkanes) is 22. The number of nitrogens with one attached hydrogen (secondary N) is 1. The van der Waals surface area contributed by atoms with E-state index in [1.165, 1.54) is 109 Å². The van der Waals surface area contributed by atoms with Crippen molar-refractivity contribution >= 4 is 13.7 Å². The van der Waals surface area contributed by atoms with Crippen LogP contribution in [0.4, 0.5) is 0 Å². The van der Waals surface area contributed by atoms with E-state index >= 15 is 0 Å². The van der Waals surface area contributed by atoms with Gasteiger partial charge in [-0.25, -0.2) is 4.57 Å². The monoisotopic (exact) mass is 811 g/mol. The zero-order valence-corrected chi connectivity index (χ0v) is 36.9. The van der Waals surface area contributed by atoms with Crippen molar-refractivity contribution < 1.29 is 33.5 Å². The van der Waals surface area contributed by atoms with E-state index < -0.39 is 38.6 Å². The first-order chi connectivity index (χ1) is 27.3. The van der Waals surface area contributed by atoms with Crippen molar-refractivity contribution in [1.29, 1.82) is 0 Å². The van der Waals surface area contributed by atoms with Gasteiger partial charge in [0.25, 0.3) is 0 Å². The summed E-state index contributed by atoms with van der Waals surface area (Å²) in [6.45, 7) is 3.91. The van der Waals surface area contributed by atoms with E-state index in [9.17, 15) is 24.5 Å². The first-order valence-electron chi connectivity index (χ1n) is 22.8. The highest BCUT2D eigenvalue weighted by atomic mass is 31.2. The second-order valence-electron chi connectivity index (χ2n) is 15.4. The number of phosphoric ester groups is 1. The van der Waals surface area contributed by atoms with Crippen LogP contribution < -0.4 is 11.1 Å². The van der Waals surface area contributed by atoms with Crippen LogP contribution in [0.5, 0.6) is 0 Å². The lowest BCUT2D eigenvalue weighted by molar-refractivity contribution is -0.124. The number of carbonyl (C=O) groups is 1. The molecule has 0 fully saturated rings. The molecule has 10 heteroatoms. The Bertz CT molecular complexity index is 1030. The van der Waals surface area contributed by atoms with E-state index in [0.717, 1.165) is 57.8 Å². The molecule has 4 unspecified atom stereocenters. The second-order valence-corrected chi connectivity index (χ2v) is 16.9. The Morgan fingerprint density at radius 1 is 0.607 bits per heavy atom. The first kappa shape index (κ1) is 54.4. The minimum absolute atomic E-state index is 0.0401. The molecule has 56 heavy (non-hydrogen) atoms. The van der Waals surface area contributed by atoms with Crippen molar-refractivity contribution in [2.24, 2.45) is 5.73 Å². The van der Waals surface area contributed by atoms with Crippen LogP contribution in [-0.2, 0) is 18.4 Å². The van der Waals surface area contributed by atoms with Gasteiger partial charge in [0.15, 0.2) is 0 Å². The van der Waals surface area contributed by atoms with Crippen LogP contribution in [0.2, 0.25) is 0 Å². The molecule has 328 valence electrons. The third-order valence-corrected chi connectivity index (χ3v) is 10.9. The molecular formula is C46H87N2O7P. The predicted molar refractivity (Wildman–Crippen MR) is 237 cm³/mol. The Kier molecular flexibility index (Phi) is 40.4. The number of hydrogen-bond donors (Lipinski definition) is 5. The van der Waals surface area contributed by atoms with E-state index in [0.29, 0.717) is 12.8 Å². The number of rotatable bonds is 42. The largest absolute Gasteiger partial charge is 0.472 e. The van der Waals surface area contributed by atoms with Crippen molar-refractivity contribution in [2.45, 2.75) is 218 Å². The predicted octanol–water partition coefficient (Wildman–Crippen LogP) is 11.9. The summed E-state index contributed by atoms with van der Waals surface area (Å²) in [5, 5.41) is 24.0. The van der Waals surface area contributed by atoms with Crippen LogP contribution in [0.3, 0.4) is 0 Å². The molecule has 0 saturated heterocycles. The number of aliphatic hydroxyl groups is 2. The number of phosphoric acid groups is 1. The minimum Gasteiger partial charge on any atom is -0.393 e. The van der Waals surface area contributed by atoms with Gasteiger partial charge >= 0.3 is 7.82 Å². The Balaban J connectivity index is 4.27. The lowest BCUT2D eigenvalue weighted by Crippen LogP contribution is -2.46. The van der Waals surface area contributed by atoms with Gasteiger partial charge in [0.1, 0.15) is 0 Å². The summed E-state index contributed by atoms with van der Waals surface area (Å²) in [7, 11) is -4.41. The highest BCUT2D eigenvalue weighted by molar-refractivity contribution is 7.47. The Morgan fingerprint density at radius 3 is 1.52 bits per heavy atom. The molecule has 9 nitrogen and oxygen atoms in total. The highest BCUT2D eigenvalue weighted by Gasteiger charge is 2.27. The van der Waals surface area contributed by atoms with E-state index in [4.69, 9.17) is 14.8 Å². The van der Waals surface area contributed by atoms with Crippen molar-refractivity contribution in [1.82, 2.24) is 5.32 Å². The number of aliphatic hydroxyl groups excluding tert-OH is 2. The van der Waals surface area contributed by atoms with Crippen LogP contribution in [0, 0.1) is 0 Å². The maximum Gasteiger partial charge on any atom is 0.472 e. The number of carbonyl (C=O) groups excluding carboxylic acids is 1. The SMILES string of the molecule is CCCCC/C=C/CC/C=C/CC/C=C/C(O)C(COP(=O)(O)OCCN)NC(=O)CC(O)CCCCCCC/C=C\CCCCCCCCCCCCCC. The zero-order valence-electron chi connectivity index (χ0n) is 36.0. The number of amides is 1. The normalized spacial score (nSPS) is 15.0. The van der Waals surface area contributed by atoms with Crippen molar-refractivity contribution in [2.75, 3.05) is 19.8 Å². The Labute approximate surface area is 344 Å². The summed E-state index contributed by atoms with van der Waals surface area (Å²) in [4.78, 5) is 22.7. The molecule has 0 rings (SSSR count). The molecular weight excluding hydrogens is 723 g/mol. The highest BCUT2D eigenvalue weighted by Crippen LogP contribution is 2.43. The summed E-state index contributed by atoms with van der Waals surface area (Å²) < 4.78 is 22.0. The Hall–Kier alpha value is -1.58. The van der Waals surface area contributed by atoms with Gasteiger partial charge in [0.05, 0.1) is 37.9 Å². The molecule has 0 spiro atoms. The van der Waals surface area contributed by atoms with Gasteiger partial charge in [-0.05, 0) is 70.6 Å². The van der Waals surface area contributed by atoms with E-state index in [2.05, 4.69) is 55.6 Å². The lowest BCUT2D eigenvalue weighted by Gasteiger charge is -2.24. The fourth-order valence-electron chi connectivity index (χ4n) is 6.44. The van der Waals surface area contributed by atoms with Crippen LogP contribution in [-0.4, -0.2) is 59.0 Å². The summed E-state index contributed by atoms with van der Waals surface area (Å²) >= 11 is 0. The van der Waals surface area contributed by atoms with Crippen LogP contribution >= 0.6 is 7.82 Å². The topological polar surface area (TPSA) is 151 Å². The molecule has 0 aliphatic rings. The van der Waals surface area contributed by atoms with Crippen molar-refractivity contribution in [3.8, 4) is 0 Å². The molecule has 0 heterocycles. The average Bonchev–Trinajstić information content (AvgIpc) is 3.17. The van der Waals surface area contributed by atoms with Crippen molar-refractivity contribution in [3.63, 3.8) is 0 Å². The van der Waals surface area contributed by atoms with Crippen LogP contribution in [0.25, 0.3) is 0 Å². The quantitative estimate of drug-likeness (QED) is 0.0232. The second kappa shape index (κ2) is 41.6. The van der Waals surface area contributed by atoms with E-state index in [1.54, 1.807) is 6.08 Å². The molecule has 0 radical (unpaired) electrons. The molecule has 0 aliphatic carbocycles. The summed E-state index contributed by atoms with van der Waals surface area (Å²) in [6.07, 6.45) is 47.8. The van der Waals surface area contributed by atoms with Gasteiger partial charge < -0.3 is 26.2 Å².